The van der Waals surface area contributed by atoms with Gasteiger partial charge in [-0.2, -0.15) is 0 Å². The molecule has 6 nitrogen and oxygen atoms in total. The van der Waals surface area contributed by atoms with Crippen molar-refractivity contribution in [3.8, 4) is 22.7 Å². The molecule has 4 aromatic rings. The SMILES string of the molecule is Ic1ccccc1-c1nnnn1Cc1cc(-c2ccccc2)on1. The number of benzene rings is 2. The van der Waals surface area contributed by atoms with Gasteiger partial charge in [0.1, 0.15) is 5.69 Å². The molecule has 0 saturated carbocycles. The summed E-state index contributed by atoms with van der Waals surface area (Å²) in [6.07, 6.45) is 0. The summed E-state index contributed by atoms with van der Waals surface area (Å²) in [5.41, 5.74) is 2.76. The van der Waals surface area contributed by atoms with Crippen molar-refractivity contribution in [2.75, 3.05) is 0 Å². The van der Waals surface area contributed by atoms with Crippen molar-refractivity contribution >= 4 is 22.6 Å². The zero-order chi connectivity index (χ0) is 16.4. The number of rotatable bonds is 4. The van der Waals surface area contributed by atoms with Gasteiger partial charge in [-0.25, -0.2) is 4.68 Å². The highest BCUT2D eigenvalue weighted by Gasteiger charge is 2.14. The molecule has 0 aliphatic heterocycles. The van der Waals surface area contributed by atoms with E-state index in [2.05, 4.69) is 43.3 Å². The normalized spacial score (nSPS) is 10.9. The van der Waals surface area contributed by atoms with Gasteiger partial charge in [-0.1, -0.05) is 53.7 Å². The Kier molecular flexibility index (Phi) is 4.08. The van der Waals surface area contributed by atoms with Crippen molar-refractivity contribution in [3.05, 3.63) is 69.9 Å². The van der Waals surface area contributed by atoms with Crippen molar-refractivity contribution in [1.82, 2.24) is 25.4 Å². The Balaban J connectivity index is 1.63. The minimum absolute atomic E-state index is 0.448. The molecule has 0 spiro atoms. The summed E-state index contributed by atoms with van der Waals surface area (Å²) in [6, 6.07) is 19.8. The number of hydrogen-bond donors (Lipinski definition) is 0. The largest absolute Gasteiger partial charge is 0.356 e. The lowest BCUT2D eigenvalue weighted by molar-refractivity contribution is 0.419. The van der Waals surface area contributed by atoms with Crippen molar-refractivity contribution in [2.45, 2.75) is 6.54 Å². The molecule has 0 aliphatic rings. The first kappa shape index (κ1) is 15.0. The number of hydrogen-bond acceptors (Lipinski definition) is 5. The summed E-state index contributed by atoms with van der Waals surface area (Å²) < 4.78 is 8.26. The van der Waals surface area contributed by atoms with E-state index in [0.717, 1.165) is 26.2 Å². The molecular weight excluding hydrogens is 417 g/mol. The van der Waals surface area contributed by atoms with Crippen LogP contribution in [0.25, 0.3) is 22.7 Å². The van der Waals surface area contributed by atoms with E-state index in [9.17, 15) is 0 Å². The maximum absolute atomic E-state index is 5.44. The molecule has 0 N–H and O–H groups in total. The van der Waals surface area contributed by atoms with E-state index >= 15 is 0 Å². The standard InChI is InChI=1S/C17H12IN5O/c18-15-9-5-4-8-14(15)17-19-21-22-23(17)11-13-10-16(24-20-13)12-6-2-1-3-7-12/h1-10H,11H2. The molecule has 0 bridgehead atoms. The Bertz CT molecular complexity index is 964. The fraction of sp³-hybridized carbons (Fsp3) is 0.0588. The van der Waals surface area contributed by atoms with Gasteiger partial charge in [0.25, 0.3) is 0 Å². The predicted molar refractivity (Wildman–Crippen MR) is 97.0 cm³/mol. The van der Waals surface area contributed by atoms with Gasteiger partial charge in [0.15, 0.2) is 11.6 Å². The van der Waals surface area contributed by atoms with Crippen molar-refractivity contribution in [1.29, 1.82) is 0 Å². The number of tetrazole rings is 1. The molecule has 0 unspecified atom stereocenters. The summed E-state index contributed by atoms with van der Waals surface area (Å²) in [5.74, 6) is 1.44. The number of aromatic nitrogens is 5. The summed E-state index contributed by atoms with van der Waals surface area (Å²) in [7, 11) is 0. The van der Waals surface area contributed by atoms with Crippen LogP contribution in [0.2, 0.25) is 0 Å². The molecule has 0 saturated heterocycles. The molecule has 0 fully saturated rings. The highest BCUT2D eigenvalue weighted by Crippen LogP contribution is 2.24. The Hall–Kier alpha value is -2.55. The van der Waals surface area contributed by atoms with E-state index in [4.69, 9.17) is 4.52 Å². The molecule has 0 aliphatic carbocycles. The second kappa shape index (κ2) is 6.52. The third-order valence-corrected chi connectivity index (χ3v) is 4.52. The quantitative estimate of drug-likeness (QED) is 0.464. The minimum atomic E-state index is 0.448. The molecule has 4 rings (SSSR count). The molecule has 0 radical (unpaired) electrons. The molecule has 2 aromatic heterocycles. The smallest absolute Gasteiger partial charge is 0.183 e. The van der Waals surface area contributed by atoms with Gasteiger partial charge in [-0.05, 0) is 39.1 Å². The van der Waals surface area contributed by atoms with Crippen LogP contribution in [0.5, 0.6) is 0 Å². The van der Waals surface area contributed by atoms with Gasteiger partial charge in [-0.15, -0.1) is 5.10 Å². The molecule has 0 atom stereocenters. The Morgan fingerprint density at radius 1 is 1.00 bits per heavy atom. The lowest BCUT2D eigenvalue weighted by Gasteiger charge is -2.04. The second-order valence-corrected chi connectivity index (χ2v) is 6.35. The summed E-state index contributed by atoms with van der Waals surface area (Å²) in [6.45, 7) is 0.448. The molecule has 2 heterocycles. The first-order chi connectivity index (χ1) is 11.8. The van der Waals surface area contributed by atoms with Gasteiger partial charge in [-0.3, -0.25) is 0 Å². The van der Waals surface area contributed by atoms with Crippen LogP contribution in [0.3, 0.4) is 0 Å². The van der Waals surface area contributed by atoms with Crippen molar-refractivity contribution in [3.63, 3.8) is 0 Å². The predicted octanol–water partition coefficient (Wildman–Crippen LogP) is 3.65. The van der Waals surface area contributed by atoms with Crippen LogP contribution >= 0.6 is 22.6 Å². The van der Waals surface area contributed by atoms with Crippen molar-refractivity contribution in [2.24, 2.45) is 0 Å². The van der Waals surface area contributed by atoms with E-state index in [1.54, 1.807) is 4.68 Å². The topological polar surface area (TPSA) is 69.6 Å². The molecule has 0 amide bonds. The third kappa shape index (κ3) is 2.94. The van der Waals surface area contributed by atoms with Gasteiger partial charge in [0.2, 0.25) is 0 Å². The van der Waals surface area contributed by atoms with Crippen LogP contribution in [-0.2, 0) is 6.54 Å². The van der Waals surface area contributed by atoms with E-state index in [-0.39, 0.29) is 0 Å². The number of halogens is 1. The number of nitrogens with zero attached hydrogens (tertiary/aromatic N) is 5. The molecule has 7 heteroatoms. The Labute approximate surface area is 151 Å². The highest BCUT2D eigenvalue weighted by molar-refractivity contribution is 14.1. The van der Waals surface area contributed by atoms with Gasteiger partial charge in [0, 0.05) is 20.8 Å². The zero-order valence-corrected chi connectivity index (χ0v) is 14.7. The first-order valence-electron chi connectivity index (χ1n) is 7.33. The highest BCUT2D eigenvalue weighted by atomic mass is 127. The lowest BCUT2D eigenvalue weighted by atomic mass is 10.1. The Morgan fingerprint density at radius 2 is 1.79 bits per heavy atom. The fourth-order valence-electron chi connectivity index (χ4n) is 2.42. The van der Waals surface area contributed by atoms with Crippen molar-refractivity contribution < 1.29 is 4.52 Å². The zero-order valence-electron chi connectivity index (χ0n) is 12.5. The van der Waals surface area contributed by atoms with E-state index < -0.39 is 0 Å². The lowest BCUT2D eigenvalue weighted by Crippen LogP contribution is -2.05. The van der Waals surface area contributed by atoms with Crippen LogP contribution in [-0.4, -0.2) is 25.4 Å². The molecule has 24 heavy (non-hydrogen) atoms. The van der Waals surface area contributed by atoms with E-state index in [0.29, 0.717) is 12.4 Å². The molecular formula is C17H12IN5O. The van der Waals surface area contributed by atoms with Gasteiger partial charge in [0.05, 0.1) is 6.54 Å². The molecule has 118 valence electrons. The van der Waals surface area contributed by atoms with Gasteiger partial charge >= 0.3 is 0 Å². The first-order valence-corrected chi connectivity index (χ1v) is 8.41. The summed E-state index contributed by atoms with van der Waals surface area (Å²) in [4.78, 5) is 0. The fourth-order valence-corrected chi connectivity index (χ4v) is 3.05. The molecule has 2 aromatic carbocycles. The van der Waals surface area contributed by atoms with E-state index in [1.165, 1.54) is 0 Å². The summed E-state index contributed by atoms with van der Waals surface area (Å²) >= 11 is 2.28. The van der Waals surface area contributed by atoms with Crippen LogP contribution in [0.15, 0.2) is 65.2 Å². The minimum Gasteiger partial charge on any atom is -0.356 e. The van der Waals surface area contributed by atoms with Crippen LogP contribution in [0, 0.1) is 3.57 Å². The maximum Gasteiger partial charge on any atom is 0.183 e. The van der Waals surface area contributed by atoms with Crippen LogP contribution in [0.4, 0.5) is 0 Å². The van der Waals surface area contributed by atoms with E-state index in [1.807, 2.05) is 60.7 Å². The summed E-state index contributed by atoms with van der Waals surface area (Å²) in [5, 5.41) is 16.2. The van der Waals surface area contributed by atoms with Gasteiger partial charge < -0.3 is 4.52 Å². The van der Waals surface area contributed by atoms with Crippen LogP contribution in [0.1, 0.15) is 5.69 Å². The second-order valence-electron chi connectivity index (χ2n) is 5.19. The average Bonchev–Trinajstić information content (AvgIpc) is 3.26. The van der Waals surface area contributed by atoms with Crippen LogP contribution < -0.4 is 0 Å². The maximum atomic E-state index is 5.44. The average molecular weight is 429 g/mol. The third-order valence-electron chi connectivity index (χ3n) is 3.58. The Morgan fingerprint density at radius 3 is 2.62 bits per heavy atom. The monoisotopic (exact) mass is 429 g/mol.